The average molecular weight is 601 g/mol. The first-order chi connectivity index (χ1) is 20.5. The number of rotatable bonds is 2. The Balaban J connectivity index is 0.000000167. The number of hydrogen-bond donors (Lipinski definition) is 9. The maximum Gasteiger partial charge on any atom is 0.346 e. The summed E-state index contributed by atoms with van der Waals surface area (Å²) in [7, 11) is 0. The molecule has 1 fully saturated rings. The van der Waals surface area contributed by atoms with Crippen LogP contribution in [0.1, 0.15) is 18.2 Å². The number of ether oxygens (including phenoxy) is 1. The van der Waals surface area contributed by atoms with Gasteiger partial charge in [-0.3, -0.25) is 29.1 Å². The highest BCUT2D eigenvalue weighted by atomic mass is 16.5. The number of nitrogens with two attached hydrogens (primary N) is 2. The van der Waals surface area contributed by atoms with E-state index in [1.165, 1.54) is 47.9 Å². The van der Waals surface area contributed by atoms with Gasteiger partial charge in [-0.2, -0.15) is 0 Å². The maximum absolute atomic E-state index is 11.6. The molecule has 20 nitrogen and oxygen atoms in total. The Kier molecular flexibility index (Phi) is 10.9. The van der Waals surface area contributed by atoms with Crippen LogP contribution >= 0.6 is 0 Å². The summed E-state index contributed by atoms with van der Waals surface area (Å²) in [5, 5.41) is 18.5. The molecule has 0 aromatic carbocycles. The number of nitrogens with zero attached hydrogens (tertiary/aromatic N) is 5. The predicted molar refractivity (Wildman–Crippen MR) is 151 cm³/mol. The Bertz CT molecular complexity index is 1900. The number of nitrogens with one attached hydrogen (secondary N) is 5. The zero-order valence-electron chi connectivity index (χ0n) is 22.4. The maximum atomic E-state index is 11.6. The lowest BCUT2D eigenvalue weighted by Gasteiger charge is -2.14. The molecule has 228 valence electrons. The number of imidazole rings is 1. The molecule has 1 aliphatic rings. The third kappa shape index (κ3) is 9.14. The van der Waals surface area contributed by atoms with Crippen molar-refractivity contribution in [3.05, 3.63) is 101 Å². The summed E-state index contributed by atoms with van der Waals surface area (Å²) >= 11 is 0. The lowest BCUT2D eigenvalue weighted by molar-refractivity contribution is -0.0459. The van der Waals surface area contributed by atoms with Gasteiger partial charge < -0.3 is 36.4 Å². The van der Waals surface area contributed by atoms with Crippen LogP contribution in [-0.4, -0.2) is 78.5 Å². The fourth-order valence-electron chi connectivity index (χ4n) is 3.40. The number of aromatic nitrogens is 10. The second-order valence-electron chi connectivity index (χ2n) is 8.58. The van der Waals surface area contributed by atoms with Gasteiger partial charge in [0, 0.05) is 36.6 Å². The lowest BCUT2D eigenvalue weighted by atomic mass is 10.2. The van der Waals surface area contributed by atoms with Gasteiger partial charge in [-0.05, 0) is 13.0 Å². The van der Waals surface area contributed by atoms with Gasteiger partial charge in [0.25, 0.3) is 11.1 Å². The van der Waals surface area contributed by atoms with E-state index in [0.717, 1.165) is 0 Å². The SMILES string of the molecule is Cc1cn([C@H]2C[C@H](O)[C@@H](CO)O2)c(=O)[nH]c1=O.Nc1ccnc(=O)[nH]1.Nc1ncnc2nc[nH]c12.O=c1cc[nH]c(=O)[nH]1. The first-order valence-electron chi connectivity index (χ1n) is 12.2. The second kappa shape index (κ2) is 14.8. The van der Waals surface area contributed by atoms with Crippen molar-refractivity contribution in [3.63, 3.8) is 0 Å². The van der Waals surface area contributed by atoms with Gasteiger partial charge in [-0.25, -0.2) is 34.3 Å². The molecule has 0 aliphatic carbocycles. The van der Waals surface area contributed by atoms with Crippen LogP contribution in [0.5, 0.6) is 0 Å². The highest BCUT2D eigenvalue weighted by molar-refractivity contribution is 5.80. The van der Waals surface area contributed by atoms with Crippen LogP contribution < -0.4 is 39.7 Å². The smallest absolute Gasteiger partial charge is 0.346 e. The largest absolute Gasteiger partial charge is 0.394 e. The Morgan fingerprint density at radius 3 is 2.35 bits per heavy atom. The number of nitrogen functional groups attached to an aromatic ring is 2. The van der Waals surface area contributed by atoms with E-state index < -0.39 is 41.1 Å². The summed E-state index contributed by atoms with van der Waals surface area (Å²) in [6, 6.07) is 2.75. The summed E-state index contributed by atoms with van der Waals surface area (Å²) < 4.78 is 6.54. The molecule has 0 amide bonds. The molecule has 3 atom stereocenters. The molecule has 0 unspecified atom stereocenters. The van der Waals surface area contributed by atoms with Crippen molar-refractivity contribution in [3.8, 4) is 0 Å². The Morgan fingerprint density at radius 2 is 1.79 bits per heavy atom. The van der Waals surface area contributed by atoms with Crippen molar-refractivity contribution in [1.82, 2.24) is 49.4 Å². The van der Waals surface area contributed by atoms with Crippen molar-refractivity contribution < 1.29 is 14.9 Å². The molecule has 1 aliphatic heterocycles. The van der Waals surface area contributed by atoms with Crippen LogP contribution in [-0.2, 0) is 4.74 Å². The fraction of sp³-hybridized carbons (Fsp3) is 0.261. The molecular formula is C23H28N12O8. The van der Waals surface area contributed by atoms with Gasteiger partial charge in [-0.15, -0.1) is 0 Å². The topological polar surface area (TPSA) is 323 Å². The van der Waals surface area contributed by atoms with E-state index in [1.54, 1.807) is 6.92 Å². The predicted octanol–water partition coefficient (Wildman–Crippen LogP) is -3.16. The van der Waals surface area contributed by atoms with Gasteiger partial charge >= 0.3 is 17.1 Å². The minimum atomic E-state index is -0.816. The van der Waals surface area contributed by atoms with E-state index in [2.05, 4.69) is 39.9 Å². The highest BCUT2D eigenvalue weighted by Crippen LogP contribution is 2.27. The number of anilines is 2. The minimum Gasteiger partial charge on any atom is -0.394 e. The fourth-order valence-corrected chi connectivity index (χ4v) is 3.40. The quantitative estimate of drug-likeness (QED) is 0.0965. The normalized spacial score (nSPS) is 17.0. The number of H-pyrrole nitrogens is 5. The van der Waals surface area contributed by atoms with Crippen LogP contribution in [0.25, 0.3) is 11.2 Å². The molecule has 0 bridgehead atoms. The van der Waals surface area contributed by atoms with Crippen LogP contribution in [0.15, 0.2) is 67.4 Å². The third-order valence-electron chi connectivity index (χ3n) is 5.48. The number of fused-ring (bicyclic) bond motifs is 1. The average Bonchev–Trinajstić information content (AvgIpc) is 3.59. The van der Waals surface area contributed by atoms with Gasteiger partial charge in [-0.1, -0.05) is 0 Å². The van der Waals surface area contributed by atoms with E-state index in [1.807, 2.05) is 4.98 Å². The minimum absolute atomic E-state index is 0.205. The van der Waals surface area contributed by atoms with Crippen LogP contribution in [0.3, 0.4) is 0 Å². The highest BCUT2D eigenvalue weighted by Gasteiger charge is 2.34. The molecule has 43 heavy (non-hydrogen) atoms. The molecule has 6 rings (SSSR count). The molecule has 5 aromatic heterocycles. The first kappa shape index (κ1) is 31.8. The number of aliphatic hydroxyl groups is 2. The Labute approximate surface area is 238 Å². The van der Waals surface area contributed by atoms with E-state index in [4.69, 9.17) is 21.3 Å². The van der Waals surface area contributed by atoms with Crippen molar-refractivity contribution in [2.24, 2.45) is 0 Å². The Hall–Kier alpha value is -5.73. The molecule has 6 heterocycles. The molecule has 0 radical (unpaired) electrons. The van der Waals surface area contributed by atoms with E-state index in [0.29, 0.717) is 28.4 Å². The monoisotopic (exact) mass is 600 g/mol. The molecule has 0 spiro atoms. The van der Waals surface area contributed by atoms with Crippen molar-refractivity contribution >= 4 is 22.8 Å². The van der Waals surface area contributed by atoms with Crippen molar-refractivity contribution in [2.75, 3.05) is 18.1 Å². The summed E-state index contributed by atoms with van der Waals surface area (Å²) in [5.41, 5.74) is 10.0. The summed E-state index contributed by atoms with van der Waals surface area (Å²) in [4.78, 5) is 79.8. The summed E-state index contributed by atoms with van der Waals surface area (Å²) in [6.07, 6.45) is 4.99. The number of hydrogen-bond acceptors (Lipinski definition) is 14. The van der Waals surface area contributed by atoms with Gasteiger partial charge in [0.05, 0.1) is 19.0 Å². The zero-order valence-corrected chi connectivity index (χ0v) is 22.4. The Morgan fingerprint density at radius 1 is 1.02 bits per heavy atom. The standard InChI is InChI=1S/C10H14N2O5.C5H5N5.C4H5N3O.C4H4N2O2/c1-5-3-12(10(16)11-9(5)15)8-2-6(14)7(4-13)17-8;6-4-3-5(9-1-7-3)10-2-8-4;5-3-1-2-6-4(8)7-3;7-3-1-2-5-4(8)6-3/h3,6-8,13-14H,2,4H2,1H3,(H,11,15,16);1-2H,(H3,6,7,8,9,10);1-2H,(H3,5,6,7,8);1-2H,(H2,5,6,7,8)/t6-,7+,8+;;;/m0.../s1. The second-order valence-corrected chi connectivity index (χ2v) is 8.58. The third-order valence-corrected chi connectivity index (χ3v) is 5.48. The first-order valence-corrected chi connectivity index (χ1v) is 12.2. The van der Waals surface area contributed by atoms with Gasteiger partial charge in [0.15, 0.2) is 11.5 Å². The van der Waals surface area contributed by atoms with Crippen molar-refractivity contribution in [1.29, 1.82) is 0 Å². The molecule has 1 saturated heterocycles. The van der Waals surface area contributed by atoms with Gasteiger partial charge in [0.2, 0.25) is 0 Å². The number of aromatic amines is 5. The molecule has 0 saturated carbocycles. The molecule has 11 N–H and O–H groups in total. The molecule has 20 heteroatoms. The molecule has 5 aromatic rings. The van der Waals surface area contributed by atoms with Crippen LogP contribution in [0.4, 0.5) is 11.6 Å². The lowest BCUT2D eigenvalue weighted by Crippen LogP contribution is -2.33. The van der Waals surface area contributed by atoms with Crippen LogP contribution in [0.2, 0.25) is 0 Å². The summed E-state index contributed by atoms with van der Waals surface area (Å²) in [5.74, 6) is 0.771. The van der Waals surface area contributed by atoms with E-state index in [9.17, 15) is 29.1 Å². The van der Waals surface area contributed by atoms with Crippen molar-refractivity contribution in [2.45, 2.75) is 31.8 Å². The number of aryl methyl sites for hydroxylation is 1. The van der Waals surface area contributed by atoms with Gasteiger partial charge in [0.1, 0.15) is 30.0 Å². The summed E-state index contributed by atoms with van der Waals surface area (Å²) in [6.45, 7) is 1.26. The van der Waals surface area contributed by atoms with Crippen LogP contribution in [0, 0.1) is 6.92 Å². The zero-order chi connectivity index (χ0) is 31.5. The van der Waals surface area contributed by atoms with E-state index >= 15 is 0 Å². The molecular weight excluding hydrogens is 572 g/mol. The van der Waals surface area contributed by atoms with E-state index in [-0.39, 0.29) is 18.6 Å². The number of aliphatic hydroxyl groups excluding tert-OH is 2.